The Morgan fingerprint density at radius 3 is 2.26 bits per heavy atom. The molecule has 1 heterocycles. The molecule has 6 nitrogen and oxygen atoms in total. The molecule has 31 heavy (non-hydrogen) atoms. The lowest BCUT2D eigenvalue weighted by Gasteiger charge is -2.52. The van der Waals surface area contributed by atoms with Gasteiger partial charge in [0.15, 0.2) is 0 Å². The van der Waals surface area contributed by atoms with E-state index < -0.39 is 10.4 Å². The average molecular weight is 500 g/mol. The first-order valence-corrected chi connectivity index (χ1v) is 11.8. The fraction of sp³-hybridized carbons (Fsp3) is 0.708. The number of aliphatic hydroxyl groups excluding tert-OH is 1. The number of carbonyl (C=O) groups excluding carboxylic acids is 1. The first-order valence-electron chi connectivity index (χ1n) is 11.0. The van der Waals surface area contributed by atoms with Gasteiger partial charge < -0.3 is 14.6 Å². The van der Waals surface area contributed by atoms with E-state index in [-0.39, 0.29) is 30.3 Å². The molecule has 0 radical (unpaired) electrons. The number of hydrogen-bond acceptors (Lipinski definition) is 6. The predicted octanol–water partition coefficient (Wildman–Crippen LogP) is 4.93. The molecule has 1 unspecified atom stereocenters. The van der Waals surface area contributed by atoms with E-state index in [0.29, 0.717) is 13.2 Å². The van der Waals surface area contributed by atoms with Crippen molar-refractivity contribution >= 4 is 21.9 Å². The molecule has 1 aromatic carbocycles. The van der Waals surface area contributed by atoms with Crippen molar-refractivity contribution < 1.29 is 24.2 Å². The van der Waals surface area contributed by atoms with Gasteiger partial charge in [-0.2, -0.15) is 5.06 Å². The quantitative estimate of drug-likeness (QED) is 0.279. The lowest BCUT2D eigenvalue weighted by Crippen LogP contribution is -2.58. The summed E-state index contributed by atoms with van der Waals surface area (Å²) in [6, 6.07) is 7.93. The van der Waals surface area contributed by atoms with Gasteiger partial charge >= 0.3 is 5.97 Å². The van der Waals surface area contributed by atoms with Crippen molar-refractivity contribution in [3.05, 3.63) is 35.4 Å². The van der Waals surface area contributed by atoms with Crippen LogP contribution >= 0.6 is 15.9 Å². The van der Waals surface area contributed by atoms with Crippen molar-refractivity contribution in [2.24, 2.45) is 0 Å². The lowest BCUT2D eigenvalue weighted by molar-refractivity contribution is -0.311. The summed E-state index contributed by atoms with van der Waals surface area (Å²) < 4.78 is 10.3. The van der Waals surface area contributed by atoms with Crippen molar-refractivity contribution in [3.8, 4) is 0 Å². The number of nitrogens with zero attached hydrogens (tertiary/aromatic N) is 1. The maximum atomic E-state index is 12.4. The summed E-state index contributed by atoms with van der Waals surface area (Å²) >= 11 is 3.37. The van der Waals surface area contributed by atoms with Gasteiger partial charge in [0.05, 0.1) is 19.8 Å². The third-order valence-electron chi connectivity index (χ3n) is 5.62. The summed E-state index contributed by atoms with van der Waals surface area (Å²) in [4.78, 5) is 19.0. The van der Waals surface area contributed by atoms with Crippen molar-refractivity contribution in [1.82, 2.24) is 5.06 Å². The third kappa shape index (κ3) is 7.53. The number of ether oxygens (including phenoxy) is 2. The van der Waals surface area contributed by atoms with Gasteiger partial charge in [0, 0.05) is 11.1 Å². The number of rotatable bonds is 10. The zero-order valence-corrected chi connectivity index (χ0v) is 21.3. The Balaban J connectivity index is 2.22. The van der Waals surface area contributed by atoms with Gasteiger partial charge in [0.25, 0.3) is 0 Å². The van der Waals surface area contributed by atoms with Crippen LogP contribution in [0.3, 0.4) is 0 Å². The molecule has 1 aromatic rings. The molecule has 1 atom stereocenters. The molecule has 0 bridgehead atoms. The van der Waals surface area contributed by atoms with Crippen LogP contribution in [0.15, 0.2) is 24.3 Å². The Morgan fingerprint density at radius 2 is 1.74 bits per heavy atom. The van der Waals surface area contributed by atoms with Crippen LogP contribution in [-0.2, 0) is 25.7 Å². The summed E-state index contributed by atoms with van der Waals surface area (Å²) in [6.07, 6.45) is 2.81. The molecule has 0 amide bonds. The van der Waals surface area contributed by atoms with Gasteiger partial charge in [-0.05, 0) is 71.9 Å². The van der Waals surface area contributed by atoms with E-state index in [0.717, 1.165) is 30.4 Å². The second-order valence-electron chi connectivity index (χ2n) is 9.96. The molecule has 0 saturated carbocycles. The Bertz CT molecular complexity index is 696. The zero-order valence-electron chi connectivity index (χ0n) is 19.7. The van der Waals surface area contributed by atoms with E-state index in [1.807, 2.05) is 24.3 Å². The fourth-order valence-corrected chi connectivity index (χ4v) is 4.10. The van der Waals surface area contributed by atoms with Crippen molar-refractivity contribution in [1.29, 1.82) is 0 Å². The van der Waals surface area contributed by atoms with Crippen molar-refractivity contribution in [2.45, 2.75) is 88.9 Å². The number of halogens is 1. The van der Waals surface area contributed by atoms with Gasteiger partial charge in [-0.15, -0.1) is 0 Å². The molecule has 1 aliphatic rings. The maximum absolute atomic E-state index is 12.4. The monoisotopic (exact) mass is 499 g/mol. The fourth-order valence-electron chi connectivity index (χ4n) is 3.98. The van der Waals surface area contributed by atoms with Crippen molar-refractivity contribution in [3.63, 3.8) is 0 Å². The minimum Gasteiger partial charge on any atom is -0.461 e. The number of alkyl halides is 1. The third-order valence-corrected chi connectivity index (χ3v) is 5.94. The van der Waals surface area contributed by atoms with Gasteiger partial charge in [0.2, 0.25) is 0 Å². The molecule has 1 N–H and O–H groups in total. The predicted molar refractivity (Wildman–Crippen MR) is 125 cm³/mol. The number of benzene rings is 1. The molecular formula is C24H38BrNO5. The Labute approximate surface area is 195 Å². The average Bonchev–Trinajstić information content (AvgIpc) is 2.66. The van der Waals surface area contributed by atoms with Gasteiger partial charge in [-0.1, -0.05) is 40.2 Å². The van der Waals surface area contributed by atoms with E-state index >= 15 is 0 Å². The number of aliphatic hydroxyl groups is 1. The molecule has 1 fully saturated rings. The minimum atomic E-state index is -0.755. The highest BCUT2D eigenvalue weighted by atomic mass is 79.9. The van der Waals surface area contributed by atoms with Crippen LogP contribution in [0.2, 0.25) is 0 Å². The molecule has 7 heteroatoms. The van der Waals surface area contributed by atoms with Crippen LogP contribution in [0.5, 0.6) is 0 Å². The van der Waals surface area contributed by atoms with Crippen LogP contribution in [0.4, 0.5) is 0 Å². The first kappa shape index (κ1) is 26.3. The number of hydrogen-bond donors (Lipinski definition) is 1. The number of hydroxylamine groups is 2. The van der Waals surface area contributed by atoms with Crippen LogP contribution in [0.1, 0.15) is 78.0 Å². The molecule has 0 spiro atoms. The van der Waals surface area contributed by atoms with Crippen LogP contribution < -0.4 is 0 Å². The number of piperidine rings is 1. The van der Waals surface area contributed by atoms with E-state index in [4.69, 9.17) is 19.4 Å². The number of esters is 1. The Kier molecular flexibility index (Phi) is 9.11. The number of carbonyl (C=O) groups is 1. The van der Waals surface area contributed by atoms with Crippen molar-refractivity contribution in [2.75, 3.05) is 19.8 Å². The summed E-state index contributed by atoms with van der Waals surface area (Å²) in [7, 11) is 0. The summed E-state index contributed by atoms with van der Waals surface area (Å²) in [5.74, 6) is -0.327. The molecular weight excluding hydrogens is 462 g/mol. The van der Waals surface area contributed by atoms with E-state index in [1.54, 1.807) is 13.8 Å². The van der Waals surface area contributed by atoms with Gasteiger partial charge in [0.1, 0.15) is 17.0 Å². The topological polar surface area (TPSA) is 68.2 Å². The smallest absolute Gasteiger partial charge is 0.322 e. The summed E-state index contributed by atoms with van der Waals surface area (Å²) in [5, 5.41) is 11.0. The standard InChI is InChI=1S/C24H38BrNO5/c1-22(2)12-7-13-23(3,4)26(22)31-20(17-30-21(28)24(5,6)25)19-10-8-18(9-11-19)16-29-15-14-27/h8-11,20,27H,7,12-17H2,1-6H3. The zero-order chi connectivity index (χ0) is 23.3. The highest BCUT2D eigenvalue weighted by Crippen LogP contribution is 2.40. The summed E-state index contributed by atoms with van der Waals surface area (Å²) in [6.45, 7) is 13.2. The second-order valence-corrected chi connectivity index (χ2v) is 11.9. The molecule has 2 rings (SSSR count). The highest BCUT2D eigenvalue weighted by Gasteiger charge is 2.44. The van der Waals surface area contributed by atoms with Crippen LogP contribution in [0, 0.1) is 0 Å². The maximum Gasteiger partial charge on any atom is 0.322 e. The van der Waals surface area contributed by atoms with Gasteiger partial charge in [-0.25, -0.2) is 0 Å². The minimum absolute atomic E-state index is 0.00465. The second kappa shape index (κ2) is 10.8. The first-order chi connectivity index (χ1) is 14.4. The highest BCUT2D eigenvalue weighted by molar-refractivity contribution is 9.10. The summed E-state index contributed by atoms with van der Waals surface area (Å²) in [5.41, 5.74) is 1.68. The Morgan fingerprint density at radius 1 is 1.16 bits per heavy atom. The lowest BCUT2D eigenvalue weighted by atomic mass is 9.82. The Hall–Kier alpha value is -0.990. The SMILES string of the molecule is CC(C)(Br)C(=O)OCC(ON1C(C)(C)CCCC1(C)C)c1ccc(COCCO)cc1. The van der Waals surface area contributed by atoms with Crippen LogP contribution in [0.25, 0.3) is 0 Å². The van der Waals surface area contributed by atoms with Crippen LogP contribution in [-0.4, -0.2) is 51.4 Å². The molecule has 0 aromatic heterocycles. The normalized spacial score (nSPS) is 19.7. The van der Waals surface area contributed by atoms with Gasteiger partial charge in [-0.3, -0.25) is 9.63 Å². The molecule has 1 saturated heterocycles. The largest absolute Gasteiger partial charge is 0.461 e. The molecule has 176 valence electrons. The van der Waals surface area contributed by atoms with E-state index in [9.17, 15) is 4.79 Å². The molecule has 1 aliphatic heterocycles. The van der Waals surface area contributed by atoms with E-state index in [1.165, 1.54) is 0 Å². The molecule has 0 aliphatic carbocycles. The van der Waals surface area contributed by atoms with E-state index in [2.05, 4.69) is 48.7 Å².